The molecule has 3 heteroatoms. The third-order valence-corrected chi connectivity index (χ3v) is 7.64. The van der Waals surface area contributed by atoms with Gasteiger partial charge in [-0.15, -0.1) is 0 Å². The molecule has 0 bridgehead atoms. The molecule has 0 aromatic heterocycles. The Morgan fingerprint density at radius 2 is 1.61 bits per heavy atom. The predicted molar refractivity (Wildman–Crippen MR) is 89.7 cm³/mol. The summed E-state index contributed by atoms with van der Waals surface area (Å²) in [6.45, 7) is 0.629. The molecule has 3 nitrogen and oxygen atoms in total. The number of hydrogen-bond acceptors (Lipinski definition) is 3. The predicted octanol–water partition coefficient (Wildman–Crippen LogP) is 3.73. The van der Waals surface area contributed by atoms with Gasteiger partial charge in [0.2, 0.25) is 0 Å². The van der Waals surface area contributed by atoms with Crippen LogP contribution in [0.3, 0.4) is 0 Å². The standard InChI is InChI=1S/C20H34O3/c21-19(8-13-9-20(22)23-12-13)17-7-3-6-16-10-14-4-1-2-5-15(14)11-18(16)17/h13-22H,1-12H2/t13-,14?,15?,16?,17?,18?,19?,20?/m1/s1. The molecule has 1 heterocycles. The van der Waals surface area contributed by atoms with E-state index in [1.807, 2.05) is 0 Å². The molecule has 2 N–H and O–H groups in total. The normalized spacial score (nSPS) is 48.5. The van der Waals surface area contributed by atoms with Gasteiger partial charge in [-0.1, -0.05) is 38.5 Å². The Balaban J connectivity index is 1.39. The van der Waals surface area contributed by atoms with Gasteiger partial charge in [0.05, 0.1) is 12.7 Å². The molecule has 23 heavy (non-hydrogen) atoms. The molecule has 8 atom stereocenters. The highest BCUT2D eigenvalue weighted by Gasteiger charge is 2.45. The highest BCUT2D eigenvalue weighted by Crippen LogP contribution is 2.52. The molecule has 0 aromatic rings. The molecule has 4 fully saturated rings. The van der Waals surface area contributed by atoms with Crippen molar-refractivity contribution in [1.82, 2.24) is 0 Å². The summed E-state index contributed by atoms with van der Waals surface area (Å²) in [6.07, 6.45) is 13.3. The van der Waals surface area contributed by atoms with E-state index < -0.39 is 6.29 Å². The minimum absolute atomic E-state index is 0.179. The van der Waals surface area contributed by atoms with Crippen molar-refractivity contribution in [2.24, 2.45) is 35.5 Å². The largest absolute Gasteiger partial charge is 0.393 e. The summed E-state index contributed by atoms with van der Waals surface area (Å²) in [4.78, 5) is 0. The molecule has 1 saturated heterocycles. The summed E-state index contributed by atoms with van der Waals surface area (Å²) in [5.74, 6) is 4.47. The van der Waals surface area contributed by atoms with Crippen LogP contribution >= 0.6 is 0 Å². The molecule has 3 aliphatic carbocycles. The third kappa shape index (κ3) is 3.48. The van der Waals surface area contributed by atoms with Crippen LogP contribution < -0.4 is 0 Å². The first-order valence-electron chi connectivity index (χ1n) is 10.2. The number of rotatable bonds is 3. The first-order valence-corrected chi connectivity index (χ1v) is 10.2. The van der Waals surface area contributed by atoms with Crippen molar-refractivity contribution in [3.05, 3.63) is 0 Å². The van der Waals surface area contributed by atoms with Crippen LogP contribution in [-0.2, 0) is 4.74 Å². The van der Waals surface area contributed by atoms with E-state index in [0.29, 0.717) is 24.9 Å². The van der Waals surface area contributed by atoms with Crippen LogP contribution in [0.4, 0.5) is 0 Å². The van der Waals surface area contributed by atoms with Crippen LogP contribution in [0.1, 0.15) is 70.6 Å². The minimum Gasteiger partial charge on any atom is -0.393 e. The van der Waals surface area contributed by atoms with Gasteiger partial charge in [-0.25, -0.2) is 0 Å². The summed E-state index contributed by atoms with van der Waals surface area (Å²) < 4.78 is 5.28. The summed E-state index contributed by atoms with van der Waals surface area (Å²) in [6, 6.07) is 0. The average molecular weight is 322 g/mol. The van der Waals surface area contributed by atoms with Crippen LogP contribution in [0.25, 0.3) is 0 Å². The zero-order valence-corrected chi connectivity index (χ0v) is 14.4. The molecule has 132 valence electrons. The van der Waals surface area contributed by atoms with E-state index in [2.05, 4.69) is 0 Å². The zero-order valence-electron chi connectivity index (χ0n) is 14.4. The van der Waals surface area contributed by atoms with Crippen molar-refractivity contribution >= 4 is 0 Å². The third-order valence-electron chi connectivity index (χ3n) is 7.64. The second-order valence-corrected chi connectivity index (χ2v) is 8.99. The lowest BCUT2D eigenvalue weighted by Crippen LogP contribution is -2.43. The summed E-state index contributed by atoms with van der Waals surface area (Å²) in [5, 5.41) is 20.5. The Bertz CT molecular complexity index is 398. The van der Waals surface area contributed by atoms with Gasteiger partial charge in [0.1, 0.15) is 0 Å². The Morgan fingerprint density at radius 1 is 0.870 bits per heavy atom. The first-order chi connectivity index (χ1) is 11.2. The lowest BCUT2D eigenvalue weighted by Gasteiger charge is -2.50. The molecule has 0 amide bonds. The molecule has 0 aromatic carbocycles. The summed E-state index contributed by atoms with van der Waals surface area (Å²) in [5.41, 5.74) is 0. The van der Waals surface area contributed by atoms with Gasteiger partial charge in [0.15, 0.2) is 6.29 Å². The maximum absolute atomic E-state index is 10.9. The van der Waals surface area contributed by atoms with Gasteiger partial charge in [0, 0.05) is 6.42 Å². The zero-order chi connectivity index (χ0) is 15.8. The van der Waals surface area contributed by atoms with Crippen molar-refractivity contribution in [3.63, 3.8) is 0 Å². The van der Waals surface area contributed by atoms with E-state index in [9.17, 15) is 10.2 Å². The molecule has 7 unspecified atom stereocenters. The van der Waals surface area contributed by atoms with Crippen molar-refractivity contribution in [2.75, 3.05) is 6.61 Å². The Morgan fingerprint density at radius 3 is 2.35 bits per heavy atom. The fourth-order valence-electron chi connectivity index (χ4n) is 6.52. The van der Waals surface area contributed by atoms with E-state index in [1.54, 1.807) is 0 Å². The maximum atomic E-state index is 10.9. The van der Waals surface area contributed by atoms with Crippen molar-refractivity contribution in [3.8, 4) is 0 Å². The minimum atomic E-state index is -0.594. The molecule has 1 aliphatic heterocycles. The van der Waals surface area contributed by atoms with Crippen molar-refractivity contribution in [2.45, 2.75) is 83.0 Å². The van der Waals surface area contributed by atoms with Crippen LogP contribution in [0.5, 0.6) is 0 Å². The second-order valence-electron chi connectivity index (χ2n) is 8.99. The Kier molecular flexibility index (Phi) is 4.99. The van der Waals surface area contributed by atoms with Crippen LogP contribution in [-0.4, -0.2) is 29.2 Å². The van der Waals surface area contributed by atoms with Gasteiger partial charge >= 0.3 is 0 Å². The van der Waals surface area contributed by atoms with Crippen LogP contribution in [0.15, 0.2) is 0 Å². The molecule has 4 rings (SSSR count). The van der Waals surface area contributed by atoms with Gasteiger partial charge in [-0.3, -0.25) is 0 Å². The van der Waals surface area contributed by atoms with Gasteiger partial charge in [-0.05, 0) is 61.2 Å². The molecule has 0 radical (unpaired) electrons. The van der Waals surface area contributed by atoms with Gasteiger partial charge in [-0.2, -0.15) is 0 Å². The Labute approximate surface area is 140 Å². The smallest absolute Gasteiger partial charge is 0.154 e. The number of fused-ring (bicyclic) bond motifs is 2. The molecular weight excluding hydrogens is 288 g/mol. The van der Waals surface area contributed by atoms with E-state index in [1.165, 1.54) is 57.8 Å². The van der Waals surface area contributed by atoms with E-state index >= 15 is 0 Å². The summed E-state index contributed by atoms with van der Waals surface area (Å²) >= 11 is 0. The first kappa shape index (κ1) is 16.4. The molecule has 3 saturated carbocycles. The molecule has 4 aliphatic rings. The van der Waals surface area contributed by atoms with Gasteiger partial charge < -0.3 is 14.9 Å². The number of aliphatic hydroxyl groups excluding tert-OH is 2. The quantitative estimate of drug-likeness (QED) is 0.832. The Hall–Kier alpha value is -0.120. The van der Waals surface area contributed by atoms with Crippen molar-refractivity contribution in [1.29, 1.82) is 0 Å². The molecule has 0 spiro atoms. The topological polar surface area (TPSA) is 49.7 Å². The lowest BCUT2D eigenvalue weighted by molar-refractivity contribution is -0.0597. The number of ether oxygens (including phenoxy) is 1. The molecular formula is C20H34O3. The van der Waals surface area contributed by atoms with E-state index in [-0.39, 0.29) is 6.10 Å². The highest BCUT2D eigenvalue weighted by molar-refractivity contribution is 4.95. The SMILES string of the molecule is OC1C[C@@H](CC(O)C2CCCC3CC4CCCCC4CC32)CO1. The fourth-order valence-corrected chi connectivity index (χ4v) is 6.52. The highest BCUT2D eigenvalue weighted by atomic mass is 16.6. The van der Waals surface area contributed by atoms with E-state index in [4.69, 9.17) is 4.74 Å². The number of hydrogen-bond donors (Lipinski definition) is 2. The average Bonchev–Trinajstić information content (AvgIpc) is 2.97. The van der Waals surface area contributed by atoms with E-state index in [0.717, 1.165) is 30.1 Å². The number of aliphatic hydroxyl groups is 2. The maximum Gasteiger partial charge on any atom is 0.154 e. The van der Waals surface area contributed by atoms with Crippen LogP contribution in [0, 0.1) is 35.5 Å². The summed E-state index contributed by atoms with van der Waals surface area (Å²) in [7, 11) is 0. The second kappa shape index (κ2) is 7.01. The fraction of sp³-hybridized carbons (Fsp3) is 1.00. The van der Waals surface area contributed by atoms with Crippen LogP contribution in [0.2, 0.25) is 0 Å². The van der Waals surface area contributed by atoms with Crippen molar-refractivity contribution < 1.29 is 14.9 Å². The lowest BCUT2D eigenvalue weighted by atomic mass is 9.56. The monoisotopic (exact) mass is 322 g/mol. The van der Waals surface area contributed by atoms with Gasteiger partial charge in [0.25, 0.3) is 0 Å².